The molecule has 0 saturated heterocycles. The predicted octanol–water partition coefficient (Wildman–Crippen LogP) is 2.53. The molecule has 0 unspecified atom stereocenters. The molecule has 0 aliphatic rings. The van der Waals surface area contributed by atoms with Crippen molar-refractivity contribution in [1.82, 2.24) is 0 Å². The van der Waals surface area contributed by atoms with Crippen molar-refractivity contribution < 1.29 is 22.1 Å². The summed E-state index contributed by atoms with van der Waals surface area (Å²) in [7, 11) is 1.19. The first-order chi connectivity index (χ1) is 8.20. The summed E-state index contributed by atoms with van der Waals surface area (Å²) >= 11 is 0.645. The molecule has 0 saturated carbocycles. The highest BCUT2D eigenvalue weighted by Crippen LogP contribution is 2.32. The highest BCUT2D eigenvalue weighted by molar-refractivity contribution is 8.14. The first kappa shape index (κ1) is 15.1. The standard InChI is InChI=1S/C8H6ClF2NO4S2/c9-18(15,16)2-1-17-7-4-5(10)3-6(11)8(7)12(13)14/h3-4H,1-2H2. The van der Waals surface area contributed by atoms with Crippen LogP contribution in [0.25, 0.3) is 0 Å². The predicted molar refractivity (Wildman–Crippen MR) is 63.4 cm³/mol. The van der Waals surface area contributed by atoms with Crippen LogP contribution in [0.3, 0.4) is 0 Å². The molecule has 1 aromatic rings. The number of benzene rings is 1. The number of hydrogen-bond donors (Lipinski definition) is 0. The molecule has 0 radical (unpaired) electrons. The summed E-state index contributed by atoms with van der Waals surface area (Å²) in [5, 5.41) is 10.6. The molecule has 5 nitrogen and oxygen atoms in total. The molecule has 0 aliphatic heterocycles. The number of halogens is 3. The van der Waals surface area contributed by atoms with Crippen molar-refractivity contribution in [3.63, 3.8) is 0 Å². The van der Waals surface area contributed by atoms with Gasteiger partial charge in [-0.25, -0.2) is 12.8 Å². The fraction of sp³-hybridized carbons (Fsp3) is 0.250. The Morgan fingerprint density at radius 2 is 2.00 bits per heavy atom. The Morgan fingerprint density at radius 3 is 2.50 bits per heavy atom. The maximum Gasteiger partial charge on any atom is 0.318 e. The molecule has 0 aliphatic carbocycles. The van der Waals surface area contributed by atoms with Crippen LogP contribution in [-0.2, 0) is 9.05 Å². The van der Waals surface area contributed by atoms with Gasteiger partial charge in [-0.05, 0) is 6.07 Å². The van der Waals surface area contributed by atoms with Gasteiger partial charge in [-0.15, -0.1) is 11.8 Å². The molecule has 1 rings (SSSR count). The van der Waals surface area contributed by atoms with E-state index in [0.29, 0.717) is 17.8 Å². The van der Waals surface area contributed by atoms with Gasteiger partial charge in [0.25, 0.3) is 0 Å². The van der Waals surface area contributed by atoms with Gasteiger partial charge < -0.3 is 0 Å². The van der Waals surface area contributed by atoms with E-state index in [4.69, 9.17) is 10.7 Å². The SMILES string of the molecule is O=[N+]([O-])c1c(F)cc(F)cc1SCCS(=O)(=O)Cl. The third-order valence-corrected chi connectivity index (χ3v) is 4.20. The van der Waals surface area contributed by atoms with Gasteiger partial charge >= 0.3 is 5.69 Å². The third kappa shape index (κ3) is 4.39. The highest BCUT2D eigenvalue weighted by atomic mass is 35.7. The lowest BCUT2D eigenvalue weighted by molar-refractivity contribution is -0.390. The van der Waals surface area contributed by atoms with Gasteiger partial charge in [-0.1, -0.05) is 0 Å². The molecular formula is C8H6ClF2NO4S2. The minimum Gasteiger partial charge on any atom is -0.258 e. The summed E-state index contributed by atoms with van der Waals surface area (Å²) < 4.78 is 47.4. The van der Waals surface area contributed by atoms with E-state index >= 15 is 0 Å². The number of nitro groups is 1. The number of nitrogens with zero attached hydrogens (tertiary/aromatic N) is 1. The second-order valence-electron chi connectivity index (χ2n) is 3.08. The van der Waals surface area contributed by atoms with Gasteiger partial charge in [0.05, 0.1) is 15.6 Å². The van der Waals surface area contributed by atoms with Crippen LogP contribution in [0.1, 0.15) is 0 Å². The number of nitro benzene ring substituents is 1. The zero-order valence-corrected chi connectivity index (χ0v) is 11.0. The molecule has 0 spiro atoms. The molecule has 10 heteroatoms. The summed E-state index contributed by atoms with van der Waals surface area (Å²) in [5.74, 6) is -2.89. The van der Waals surface area contributed by atoms with E-state index in [1.165, 1.54) is 0 Å². The molecule has 0 bridgehead atoms. The van der Waals surface area contributed by atoms with Crippen molar-refractivity contribution in [3.05, 3.63) is 33.9 Å². The first-order valence-corrected chi connectivity index (χ1v) is 7.85. The lowest BCUT2D eigenvalue weighted by Crippen LogP contribution is -2.01. The van der Waals surface area contributed by atoms with Crippen molar-refractivity contribution in [2.75, 3.05) is 11.5 Å². The van der Waals surface area contributed by atoms with Crippen LogP contribution >= 0.6 is 22.4 Å². The second kappa shape index (κ2) is 5.81. The topological polar surface area (TPSA) is 77.3 Å². The van der Waals surface area contributed by atoms with Crippen molar-refractivity contribution in [2.45, 2.75) is 4.90 Å². The van der Waals surface area contributed by atoms with Crippen LogP contribution in [-0.4, -0.2) is 24.8 Å². The third-order valence-electron chi connectivity index (χ3n) is 1.76. The Bertz CT molecular complexity index is 579. The molecule has 0 atom stereocenters. The van der Waals surface area contributed by atoms with Gasteiger partial charge in [0.15, 0.2) is 0 Å². The van der Waals surface area contributed by atoms with Gasteiger partial charge in [0, 0.05) is 22.5 Å². The number of hydrogen-bond acceptors (Lipinski definition) is 5. The van der Waals surface area contributed by atoms with Gasteiger partial charge in [0.1, 0.15) is 5.82 Å². The summed E-state index contributed by atoms with van der Waals surface area (Å²) in [6.07, 6.45) is 0. The summed E-state index contributed by atoms with van der Waals surface area (Å²) in [4.78, 5) is 9.33. The maximum absolute atomic E-state index is 13.2. The lowest BCUT2D eigenvalue weighted by Gasteiger charge is -2.03. The average molecular weight is 318 g/mol. The molecule has 0 aromatic heterocycles. The van der Waals surface area contributed by atoms with Crippen molar-refractivity contribution in [2.24, 2.45) is 0 Å². The molecular weight excluding hydrogens is 312 g/mol. The van der Waals surface area contributed by atoms with Crippen molar-refractivity contribution in [1.29, 1.82) is 0 Å². The smallest absolute Gasteiger partial charge is 0.258 e. The largest absolute Gasteiger partial charge is 0.318 e. The minimum absolute atomic E-state index is 0.143. The van der Waals surface area contributed by atoms with E-state index in [9.17, 15) is 27.3 Å². The number of rotatable bonds is 5. The van der Waals surface area contributed by atoms with E-state index in [2.05, 4.69) is 0 Å². The quantitative estimate of drug-likeness (QED) is 0.361. The van der Waals surface area contributed by atoms with Crippen molar-refractivity contribution in [3.8, 4) is 0 Å². The molecule has 1 aromatic carbocycles. The first-order valence-electron chi connectivity index (χ1n) is 4.39. The second-order valence-corrected chi connectivity index (χ2v) is 7.12. The normalized spacial score (nSPS) is 11.5. The van der Waals surface area contributed by atoms with E-state index < -0.39 is 37.0 Å². The van der Waals surface area contributed by atoms with Gasteiger partial charge in [-0.3, -0.25) is 10.1 Å². The van der Waals surface area contributed by atoms with E-state index in [0.717, 1.165) is 6.07 Å². The fourth-order valence-electron chi connectivity index (χ4n) is 1.08. The Kier molecular flexibility index (Phi) is 4.88. The molecule has 18 heavy (non-hydrogen) atoms. The summed E-state index contributed by atoms with van der Waals surface area (Å²) in [5.41, 5.74) is -0.881. The Labute approximate surface area is 110 Å². The summed E-state index contributed by atoms with van der Waals surface area (Å²) in [6.45, 7) is 0. The van der Waals surface area contributed by atoms with E-state index in [1.54, 1.807) is 0 Å². The average Bonchev–Trinajstić information content (AvgIpc) is 2.13. The Hall–Kier alpha value is -0.930. The van der Waals surface area contributed by atoms with E-state index in [1.807, 2.05) is 0 Å². The molecule has 100 valence electrons. The van der Waals surface area contributed by atoms with Crippen LogP contribution in [0, 0.1) is 21.7 Å². The van der Waals surface area contributed by atoms with Crippen LogP contribution < -0.4 is 0 Å². The van der Waals surface area contributed by atoms with E-state index in [-0.39, 0.29) is 10.6 Å². The molecule has 0 amide bonds. The van der Waals surface area contributed by atoms with Crippen LogP contribution in [0.5, 0.6) is 0 Å². The number of thioether (sulfide) groups is 1. The maximum atomic E-state index is 13.2. The summed E-state index contributed by atoms with van der Waals surface area (Å²) in [6, 6.07) is 1.16. The van der Waals surface area contributed by atoms with Crippen LogP contribution in [0.4, 0.5) is 14.5 Å². The lowest BCUT2D eigenvalue weighted by atomic mass is 10.3. The fourth-order valence-corrected chi connectivity index (χ4v) is 3.50. The zero-order chi connectivity index (χ0) is 13.9. The molecule has 0 N–H and O–H groups in total. The van der Waals surface area contributed by atoms with Gasteiger partial charge in [-0.2, -0.15) is 4.39 Å². The minimum atomic E-state index is -3.75. The zero-order valence-electron chi connectivity index (χ0n) is 8.60. The monoisotopic (exact) mass is 317 g/mol. The van der Waals surface area contributed by atoms with Crippen LogP contribution in [0.2, 0.25) is 0 Å². The van der Waals surface area contributed by atoms with Crippen molar-refractivity contribution >= 4 is 37.2 Å². The Balaban J connectivity index is 2.97. The van der Waals surface area contributed by atoms with Crippen LogP contribution in [0.15, 0.2) is 17.0 Å². The Morgan fingerprint density at radius 1 is 1.39 bits per heavy atom. The molecule has 0 fully saturated rings. The molecule has 0 heterocycles. The van der Waals surface area contributed by atoms with Gasteiger partial charge in [0.2, 0.25) is 14.9 Å². The highest BCUT2D eigenvalue weighted by Gasteiger charge is 2.22.